The van der Waals surface area contributed by atoms with E-state index in [2.05, 4.69) is 34.6 Å². The molecule has 1 aliphatic rings. The second-order valence-electron chi connectivity index (χ2n) is 5.49. The number of hydrogen-bond donors (Lipinski definition) is 1. The summed E-state index contributed by atoms with van der Waals surface area (Å²) in [5, 5.41) is 4.31. The molecule has 1 aromatic heterocycles. The highest BCUT2D eigenvalue weighted by atomic mass is 35.5. The molecule has 3 rings (SSSR count). The van der Waals surface area contributed by atoms with Crippen molar-refractivity contribution in [3.8, 4) is 0 Å². The summed E-state index contributed by atoms with van der Waals surface area (Å²) in [4.78, 5) is 4.45. The summed E-state index contributed by atoms with van der Waals surface area (Å²) >= 11 is 6.15. The van der Waals surface area contributed by atoms with Crippen LogP contribution in [0.4, 0.5) is 0 Å². The first-order valence-corrected chi connectivity index (χ1v) is 7.50. The van der Waals surface area contributed by atoms with E-state index in [1.165, 1.54) is 11.1 Å². The minimum atomic E-state index is 0.465. The Kier molecular flexibility index (Phi) is 4.04. The van der Waals surface area contributed by atoms with Gasteiger partial charge in [-0.3, -0.25) is 4.98 Å². The molecule has 0 spiro atoms. The zero-order valence-electron chi connectivity index (χ0n) is 11.6. The molecule has 1 aliphatic heterocycles. The summed E-state index contributed by atoms with van der Waals surface area (Å²) in [6.07, 6.45) is 3.17. The Morgan fingerprint density at radius 2 is 2.05 bits per heavy atom. The van der Waals surface area contributed by atoms with Crippen molar-refractivity contribution in [2.45, 2.75) is 25.2 Å². The van der Waals surface area contributed by atoms with Gasteiger partial charge in [-0.15, -0.1) is 0 Å². The zero-order valence-corrected chi connectivity index (χ0v) is 12.4. The molecule has 1 N–H and O–H groups in total. The lowest BCUT2D eigenvalue weighted by molar-refractivity contribution is 0.403. The predicted molar refractivity (Wildman–Crippen MR) is 83.4 cm³/mol. The fraction of sp³-hybridized carbons (Fsp3) is 0.353. The van der Waals surface area contributed by atoms with Crippen LogP contribution in [0.3, 0.4) is 0 Å². The van der Waals surface area contributed by atoms with E-state index < -0.39 is 0 Å². The van der Waals surface area contributed by atoms with Gasteiger partial charge in [0.05, 0.1) is 0 Å². The lowest BCUT2D eigenvalue weighted by Gasteiger charge is -2.33. The Labute approximate surface area is 125 Å². The van der Waals surface area contributed by atoms with E-state index in [4.69, 9.17) is 11.6 Å². The van der Waals surface area contributed by atoms with Crippen molar-refractivity contribution in [2.24, 2.45) is 0 Å². The summed E-state index contributed by atoms with van der Waals surface area (Å²) in [6, 6.07) is 12.6. The normalized spacial score (nSPS) is 22.7. The van der Waals surface area contributed by atoms with Gasteiger partial charge in [0.25, 0.3) is 0 Å². The summed E-state index contributed by atoms with van der Waals surface area (Å²) < 4.78 is 0. The second-order valence-corrected chi connectivity index (χ2v) is 5.93. The maximum atomic E-state index is 6.15. The van der Waals surface area contributed by atoms with E-state index in [0.717, 1.165) is 30.2 Å². The highest BCUT2D eigenvalue weighted by Gasteiger charge is 2.27. The van der Waals surface area contributed by atoms with E-state index in [9.17, 15) is 0 Å². The fourth-order valence-electron chi connectivity index (χ4n) is 3.04. The van der Waals surface area contributed by atoms with E-state index in [1.54, 1.807) is 0 Å². The Hall–Kier alpha value is -1.38. The molecule has 2 nitrogen and oxygen atoms in total. The van der Waals surface area contributed by atoms with Crippen molar-refractivity contribution in [3.63, 3.8) is 0 Å². The van der Waals surface area contributed by atoms with Crippen molar-refractivity contribution in [1.82, 2.24) is 10.3 Å². The van der Waals surface area contributed by atoms with Gasteiger partial charge in [0.1, 0.15) is 0 Å². The molecule has 104 valence electrons. The van der Waals surface area contributed by atoms with Gasteiger partial charge >= 0.3 is 0 Å². The molecule has 0 amide bonds. The smallest absolute Gasteiger partial charge is 0.0408 e. The number of rotatable bonds is 2. The van der Waals surface area contributed by atoms with Crippen LogP contribution in [-0.4, -0.2) is 18.1 Å². The number of hydrogen-bond acceptors (Lipinski definition) is 2. The molecule has 0 aliphatic carbocycles. The number of benzene rings is 1. The first-order valence-electron chi connectivity index (χ1n) is 7.13. The lowest BCUT2D eigenvalue weighted by atomic mass is 9.78. The van der Waals surface area contributed by atoms with Gasteiger partial charge in [0.15, 0.2) is 0 Å². The van der Waals surface area contributed by atoms with Gasteiger partial charge in [0, 0.05) is 29.4 Å². The Morgan fingerprint density at radius 3 is 2.80 bits per heavy atom. The van der Waals surface area contributed by atoms with Crippen molar-refractivity contribution >= 4 is 11.6 Å². The van der Waals surface area contributed by atoms with Crippen LogP contribution in [0, 0.1) is 6.92 Å². The minimum absolute atomic E-state index is 0.465. The number of nitrogens with one attached hydrogen (secondary N) is 1. The van der Waals surface area contributed by atoms with Gasteiger partial charge in [-0.25, -0.2) is 0 Å². The van der Waals surface area contributed by atoms with Crippen LogP contribution in [0.2, 0.25) is 5.02 Å². The molecule has 1 saturated heterocycles. The van der Waals surface area contributed by atoms with Crippen molar-refractivity contribution < 1.29 is 0 Å². The average Bonchev–Trinajstić information content (AvgIpc) is 2.48. The van der Waals surface area contributed by atoms with Crippen molar-refractivity contribution in [2.75, 3.05) is 13.1 Å². The quantitative estimate of drug-likeness (QED) is 0.905. The van der Waals surface area contributed by atoms with E-state index >= 15 is 0 Å². The maximum Gasteiger partial charge on any atom is 0.0408 e. The van der Waals surface area contributed by atoms with Gasteiger partial charge in [0.2, 0.25) is 0 Å². The third-order valence-corrected chi connectivity index (χ3v) is 4.36. The van der Waals surface area contributed by atoms with Crippen LogP contribution >= 0.6 is 11.6 Å². The third kappa shape index (κ3) is 2.87. The maximum absolute atomic E-state index is 6.15. The molecule has 3 heteroatoms. The number of aromatic nitrogens is 1. The van der Waals surface area contributed by atoms with E-state index in [0.29, 0.717) is 11.8 Å². The standard InChI is InChI=1S/C17H19ClN2/c1-12-5-6-14(10-20-12)16-7-8-19-11-17(16)13-3-2-4-15(18)9-13/h2-6,9-10,16-17,19H,7-8,11H2,1H3. The van der Waals surface area contributed by atoms with Crippen LogP contribution < -0.4 is 5.32 Å². The number of aryl methyl sites for hydroxylation is 1. The van der Waals surface area contributed by atoms with Gasteiger partial charge < -0.3 is 5.32 Å². The van der Waals surface area contributed by atoms with Gasteiger partial charge in [-0.05, 0) is 55.1 Å². The van der Waals surface area contributed by atoms with E-state index in [1.807, 2.05) is 25.3 Å². The molecule has 0 bridgehead atoms. The second kappa shape index (κ2) is 5.94. The molecular formula is C17H19ClN2. The van der Waals surface area contributed by atoms with Crippen LogP contribution in [0.15, 0.2) is 42.6 Å². The Balaban J connectivity index is 1.93. The number of nitrogens with zero attached hydrogens (tertiary/aromatic N) is 1. The molecule has 2 aromatic rings. The average molecular weight is 287 g/mol. The molecule has 2 unspecified atom stereocenters. The van der Waals surface area contributed by atoms with Crippen molar-refractivity contribution in [1.29, 1.82) is 0 Å². The number of halogens is 1. The highest BCUT2D eigenvalue weighted by Crippen LogP contribution is 2.37. The highest BCUT2D eigenvalue weighted by molar-refractivity contribution is 6.30. The molecule has 2 heterocycles. The topological polar surface area (TPSA) is 24.9 Å². The monoisotopic (exact) mass is 286 g/mol. The first-order chi connectivity index (χ1) is 9.74. The molecule has 0 radical (unpaired) electrons. The van der Waals surface area contributed by atoms with Crippen LogP contribution in [-0.2, 0) is 0 Å². The van der Waals surface area contributed by atoms with Crippen LogP contribution in [0.25, 0.3) is 0 Å². The Bertz CT molecular complexity index is 580. The van der Waals surface area contributed by atoms with Gasteiger partial charge in [-0.1, -0.05) is 29.8 Å². The molecule has 1 fully saturated rings. The predicted octanol–water partition coefficient (Wildman–Crippen LogP) is 3.90. The summed E-state index contributed by atoms with van der Waals surface area (Å²) in [7, 11) is 0. The first kappa shape index (κ1) is 13.6. The number of piperidine rings is 1. The number of pyridine rings is 1. The fourth-order valence-corrected chi connectivity index (χ4v) is 3.24. The summed E-state index contributed by atoms with van der Waals surface area (Å²) in [5.74, 6) is 0.981. The minimum Gasteiger partial charge on any atom is -0.316 e. The Morgan fingerprint density at radius 1 is 1.15 bits per heavy atom. The van der Waals surface area contributed by atoms with Crippen molar-refractivity contribution in [3.05, 3.63) is 64.4 Å². The third-order valence-electron chi connectivity index (χ3n) is 4.12. The molecule has 1 aromatic carbocycles. The zero-order chi connectivity index (χ0) is 13.9. The molecular weight excluding hydrogens is 268 g/mol. The lowest BCUT2D eigenvalue weighted by Crippen LogP contribution is -2.34. The SMILES string of the molecule is Cc1ccc(C2CCNCC2c2cccc(Cl)c2)cn1. The molecule has 2 atom stereocenters. The van der Waals surface area contributed by atoms with E-state index in [-0.39, 0.29) is 0 Å². The molecule has 20 heavy (non-hydrogen) atoms. The summed E-state index contributed by atoms with van der Waals surface area (Å²) in [6.45, 7) is 4.09. The van der Waals surface area contributed by atoms with Crippen LogP contribution in [0.1, 0.15) is 35.1 Å². The van der Waals surface area contributed by atoms with Crippen LogP contribution in [0.5, 0.6) is 0 Å². The van der Waals surface area contributed by atoms with Gasteiger partial charge in [-0.2, -0.15) is 0 Å². The molecule has 0 saturated carbocycles. The summed E-state index contributed by atoms with van der Waals surface area (Å²) in [5.41, 5.74) is 3.72. The largest absolute Gasteiger partial charge is 0.316 e.